The van der Waals surface area contributed by atoms with Crippen LogP contribution < -0.4 is 15.4 Å². The van der Waals surface area contributed by atoms with Crippen LogP contribution in [0.15, 0.2) is 83.8 Å². The Balaban J connectivity index is 1.62. The number of rotatable bonds is 6. The van der Waals surface area contributed by atoms with Crippen LogP contribution in [0.1, 0.15) is 0 Å². The van der Waals surface area contributed by atoms with Crippen molar-refractivity contribution in [1.82, 2.24) is 0 Å². The highest BCUT2D eigenvalue weighted by Gasteiger charge is 2.14. The first-order valence-electron chi connectivity index (χ1n) is 8.34. The summed E-state index contributed by atoms with van der Waals surface area (Å²) >= 11 is 0. The second-order valence-corrected chi connectivity index (χ2v) is 7.56. The minimum Gasteiger partial charge on any atom is -0.308 e. The van der Waals surface area contributed by atoms with Crippen LogP contribution in [0, 0.1) is 10.1 Å². The molecule has 3 aromatic rings. The fourth-order valence-corrected chi connectivity index (χ4v) is 3.46. The molecule has 2 amide bonds. The Labute approximate surface area is 166 Å². The van der Waals surface area contributed by atoms with Crippen molar-refractivity contribution in [2.24, 2.45) is 0 Å². The van der Waals surface area contributed by atoms with Gasteiger partial charge in [-0.1, -0.05) is 18.2 Å². The molecular formula is C19H16N4O5S. The van der Waals surface area contributed by atoms with E-state index in [1.807, 2.05) is 0 Å². The largest absolute Gasteiger partial charge is 0.323 e. The summed E-state index contributed by atoms with van der Waals surface area (Å²) in [5.74, 6) is 0. The molecule has 0 unspecified atom stereocenters. The number of nitrogens with zero attached hydrogens (tertiary/aromatic N) is 1. The molecule has 9 nitrogen and oxygen atoms in total. The van der Waals surface area contributed by atoms with Crippen molar-refractivity contribution in [3.05, 3.63) is 89.0 Å². The second kappa shape index (κ2) is 8.40. The monoisotopic (exact) mass is 412 g/mol. The lowest BCUT2D eigenvalue weighted by atomic mass is 10.3. The number of carbonyl (C=O) groups is 1. The third-order valence-electron chi connectivity index (χ3n) is 3.78. The number of urea groups is 1. The smallest absolute Gasteiger partial charge is 0.308 e. The zero-order valence-corrected chi connectivity index (χ0v) is 15.7. The number of hydrogen-bond acceptors (Lipinski definition) is 5. The summed E-state index contributed by atoms with van der Waals surface area (Å²) in [7, 11) is -3.75. The van der Waals surface area contributed by atoms with E-state index in [0.717, 1.165) is 0 Å². The number of anilines is 3. The Kier molecular flexibility index (Phi) is 5.74. The van der Waals surface area contributed by atoms with Gasteiger partial charge in [0.15, 0.2) is 0 Å². The number of para-hydroxylation sites is 1. The van der Waals surface area contributed by atoms with Crippen LogP contribution in [0.4, 0.5) is 27.5 Å². The summed E-state index contributed by atoms with van der Waals surface area (Å²) in [5.41, 5.74) is 1.11. The van der Waals surface area contributed by atoms with Crippen LogP contribution in [-0.4, -0.2) is 19.4 Å². The number of benzene rings is 3. The maximum absolute atomic E-state index is 12.4. The zero-order chi connectivity index (χ0) is 20.9. The van der Waals surface area contributed by atoms with Crippen molar-refractivity contribution in [3.8, 4) is 0 Å². The summed E-state index contributed by atoms with van der Waals surface area (Å²) in [6.45, 7) is 0. The first-order chi connectivity index (χ1) is 13.8. The fourth-order valence-electron chi connectivity index (χ4n) is 2.40. The molecule has 10 heteroatoms. The summed E-state index contributed by atoms with van der Waals surface area (Å²) in [4.78, 5) is 22.2. The van der Waals surface area contributed by atoms with Gasteiger partial charge in [-0.05, 0) is 48.5 Å². The fraction of sp³-hybridized carbons (Fsp3) is 0. The molecule has 3 rings (SSSR count). The van der Waals surface area contributed by atoms with Gasteiger partial charge >= 0.3 is 6.03 Å². The maximum Gasteiger partial charge on any atom is 0.323 e. The van der Waals surface area contributed by atoms with Crippen molar-refractivity contribution >= 4 is 38.8 Å². The van der Waals surface area contributed by atoms with E-state index >= 15 is 0 Å². The quantitative estimate of drug-likeness (QED) is 0.415. The SMILES string of the molecule is O=C(Nc1ccc([N+](=O)[O-])cc1)Nc1ccc(S(=O)(=O)Nc2ccccc2)cc1. The van der Waals surface area contributed by atoms with Crippen LogP contribution in [0.3, 0.4) is 0 Å². The second-order valence-electron chi connectivity index (χ2n) is 5.88. The molecule has 3 N–H and O–H groups in total. The Morgan fingerprint density at radius 1 is 0.759 bits per heavy atom. The highest BCUT2D eigenvalue weighted by molar-refractivity contribution is 7.92. The topological polar surface area (TPSA) is 130 Å². The van der Waals surface area contributed by atoms with E-state index in [4.69, 9.17) is 0 Å². The van der Waals surface area contributed by atoms with E-state index in [9.17, 15) is 23.3 Å². The molecule has 0 aliphatic rings. The highest BCUT2D eigenvalue weighted by atomic mass is 32.2. The average Bonchev–Trinajstić information content (AvgIpc) is 2.69. The third-order valence-corrected chi connectivity index (χ3v) is 5.18. The molecule has 29 heavy (non-hydrogen) atoms. The van der Waals surface area contributed by atoms with E-state index in [2.05, 4.69) is 15.4 Å². The Bertz CT molecular complexity index is 1120. The molecule has 0 aliphatic carbocycles. The molecule has 0 aliphatic heterocycles. The number of non-ortho nitro benzene ring substituents is 1. The van der Waals surface area contributed by atoms with Crippen LogP contribution in [0.2, 0.25) is 0 Å². The van der Waals surface area contributed by atoms with E-state index in [1.54, 1.807) is 30.3 Å². The number of sulfonamides is 1. The van der Waals surface area contributed by atoms with Gasteiger partial charge in [0.2, 0.25) is 0 Å². The van der Waals surface area contributed by atoms with Gasteiger partial charge in [-0.3, -0.25) is 14.8 Å². The van der Waals surface area contributed by atoms with Crippen molar-refractivity contribution in [2.75, 3.05) is 15.4 Å². The van der Waals surface area contributed by atoms with Gasteiger partial charge < -0.3 is 10.6 Å². The van der Waals surface area contributed by atoms with E-state index in [0.29, 0.717) is 17.1 Å². The number of amides is 2. The highest BCUT2D eigenvalue weighted by Crippen LogP contribution is 2.19. The molecule has 0 saturated heterocycles. The van der Waals surface area contributed by atoms with Crippen LogP contribution in [0.25, 0.3) is 0 Å². The van der Waals surface area contributed by atoms with Crippen molar-refractivity contribution < 1.29 is 18.1 Å². The van der Waals surface area contributed by atoms with Crippen molar-refractivity contribution in [1.29, 1.82) is 0 Å². The molecule has 0 atom stereocenters. The average molecular weight is 412 g/mol. The minimum atomic E-state index is -3.75. The lowest BCUT2D eigenvalue weighted by Gasteiger charge is -2.10. The summed E-state index contributed by atoms with van der Waals surface area (Å²) in [6.07, 6.45) is 0. The van der Waals surface area contributed by atoms with E-state index in [1.165, 1.54) is 48.5 Å². The molecule has 0 aromatic heterocycles. The van der Waals surface area contributed by atoms with Gasteiger partial charge in [0.05, 0.1) is 9.82 Å². The first kappa shape index (κ1) is 19.8. The minimum absolute atomic E-state index is 0.0441. The zero-order valence-electron chi connectivity index (χ0n) is 14.9. The van der Waals surface area contributed by atoms with Gasteiger partial charge in [-0.15, -0.1) is 0 Å². The lowest BCUT2D eigenvalue weighted by molar-refractivity contribution is -0.384. The molecule has 148 valence electrons. The molecule has 0 bridgehead atoms. The predicted octanol–water partition coefficient (Wildman–Crippen LogP) is 4.04. The summed E-state index contributed by atoms with van der Waals surface area (Å²) in [5, 5.41) is 15.7. The van der Waals surface area contributed by atoms with Crippen LogP contribution in [0.5, 0.6) is 0 Å². The van der Waals surface area contributed by atoms with Gasteiger partial charge in [0.25, 0.3) is 15.7 Å². The Morgan fingerprint density at radius 3 is 1.79 bits per heavy atom. The maximum atomic E-state index is 12.4. The number of nitrogens with one attached hydrogen (secondary N) is 3. The summed E-state index contributed by atoms with van der Waals surface area (Å²) in [6, 6.07) is 18.9. The number of carbonyl (C=O) groups excluding carboxylic acids is 1. The molecule has 0 radical (unpaired) electrons. The number of nitro groups is 1. The number of nitro benzene ring substituents is 1. The Hall–Kier alpha value is -3.92. The van der Waals surface area contributed by atoms with E-state index in [-0.39, 0.29) is 10.6 Å². The van der Waals surface area contributed by atoms with Gasteiger partial charge in [0.1, 0.15) is 0 Å². The van der Waals surface area contributed by atoms with E-state index < -0.39 is 21.0 Å². The first-order valence-corrected chi connectivity index (χ1v) is 9.82. The van der Waals surface area contributed by atoms with Crippen LogP contribution in [-0.2, 0) is 10.0 Å². The normalized spacial score (nSPS) is 10.8. The molecule has 0 spiro atoms. The van der Waals surface area contributed by atoms with Gasteiger partial charge in [0, 0.05) is 29.2 Å². The standard InChI is InChI=1S/C19H16N4O5S/c24-19(20-14-6-10-17(11-7-14)23(25)26)21-15-8-12-18(13-9-15)29(27,28)22-16-4-2-1-3-5-16/h1-13,22H,(H2,20,21,24). The molecular weight excluding hydrogens is 396 g/mol. The molecule has 0 heterocycles. The van der Waals surface area contributed by atoms with Gasteiger partial charge in [-0.25, -0.2) is 13.2 Å². The predicted molar refractivity (Wildman–Crippen MR) is 109 cm³/mol. The third kappa shape index (κ3) is 5.30. The van der Waals surface area contributed by atoms with Crippen molar-refractivity contribution in [2.45, 2.75) is 4.90 Å². The van der Waals surface area contributed by atoms with Crippen molar-refractivity contribution in [3.63, 3.8) is 0 Å². The molecule has 0 saturated carbocycles. The van der Waals surface area contributed by atoms with Gasteiger partial charge in [-0.2, -0.15) is 0 Å². The Morgan fingerprint density at radius 2 is 1.28 bits per heavy atom. The summed E-state index contributed by atoms with van der Waals surface area (Å²) < 4.78 is 27.3. The van der Waals surface area contributed by atoms with Crippen LogP contribution >= 0.6 is 0 Å². The number of hydrogen-bond donors (Lipinski definition) is 3. The molecule has 3 aromatic carbocycles. The lowest BCUT2D eigenvalue weighted by Crippen LogP contribution is -2.19. The molecule has 0 fully saturated rings.